The smallest absolute Gasteiger partial charge is 0.416 e. The normalized spacial score (nSPS) is 12.8. The summed E-state index contributed by atoms with van der Waals surface area (Å²) in [5, 5.41) is 23.4. The van der Waals surface area contributed by atoms with Crippen molar-refractivity contribution in [1.29, 1.82) is 0 Å². The second kappa shape index (κ2) is 9.25. The Kier molecular flexibility index (Phi) is 6.40. The summed E-state index contributed by atoms with van der Waals surface area (Å²) in [4.78, 5) is 13.0. The Hall–Kier alpha value is -3.36. The van der Waals surface area contributed by atoms with Gasteiger partial charge >= 0.3 is 6.18 Å². The van der Waals surface area contributed by atoms with Gasteiger partial charge in [0.15, 0.2) is 0 Å². The predicted octanol–water partition coefficient (Wildman–Crippen LogP) is 5.55. The third-order valence-corrected chi connectivity index (χ3v) is 6.59. The molecular formula is C25H20F3NO3S. The molecule has 0 aliphatic rings. The molecule has 1 aromatic heterocycles. The quantitative estimate of drug-likeness (QED) is 0.345. The van der Waals surface area contributed by atoms with Crippen LogP contribution in [-0.4, -0.2) is 28.8 Å². The number of hydrogen-bond acceptors (Lipinski definition) is 4. The van der Waals surface area contributed by atoms with Crippen LogP contribution in [-0.2, 0) is 6.18 Å². The largest absolute Gasteiger partial charge is 0.506 e. The summed E-state index contributed by atoms with van der Waals surface area (Å²) >= 11 is 0.896. The first-order valence-electron chi connectivity index (χ1n) is 10.1. The Morgan fingerprint density at radius 2 is 1.52 bits per heavy atom. The number of fused-ring (bicyclic) bond motifs is 1. The summed E-state index contributed by atoms with van der Waals surface area (Å²) in [6, 6.07) is 21.0. The molecule has 0 aliphatic carbocycles. The fourth-order valence-corrected chi connectivity index (χ4v) is 4.84. The lowest BCUT2D eigenvalue weighted by Gasteiger charge is -2.27. The van der Waals surface area contributed by atoms with E-state index in [0.717, 1.165) is 34.6 Å². The highest BCUT2D eigenvalue weighted by Crippen LogP contribution is 2.40. The van der Waals surface area contributed by atoms with Gasteiger partial charge in [-0.05, 0) is 29.3 Å². The second-order valence-corrected chi connectivity index (χ2v) is 8.60. The standard InChI is InChI=1S/C25H20F3NO3S/c26-25(27,28)17-11-12-20-18(13-17)22(31)23(33-20)24(32)29-19(14-30)21(15-7-3-1-4-8-15)16-9-5-2-6-10-16/h1-13,19,21,30-31H,14H2,(H,29,32). The zero-order chi connectivity index (χ0) is 23.6. The van der Waals surface area contributed by atoms with Crippen LogP contribution in [0, 0.1) is 0 Å². The van der Waals surface area contributed by atoms with Gasteiger partial charge in [0.05, 0.1) is 18.2 Å². The van der Waals surface area contributed by atoms with Gasteiger partial charge in [0.2, 0.25) is 0 Å². The van der Waals surface area contributed by atoms with Crippen molar-refractivity contribution in [2.24, 2.45) is 0 Å². The summed E-state index contributed by atoms with van der Waals surface area (Å²) in [5.74, 6) is -1.56. The van der Waals surface area contributed by atoms with E-state index in [0.29, 0.717) is 4.70 Å². The molecule has 1 amide bonds. The number of benzene rings is 3. The van der Waals surface area contributed by atoms with Crippen molar-refractivity contribution in [3.05, 3.63) is 100 Å². The maximum absolute atomic E-state index is 13.1. The van der Waals surface area contributed by atoms with Gasteiger partial charge < -0.3 is 15.5 Å². The molecule has 4 rings (SSSR count). The number of aliphatic hydroxyl groups excluding tert-OH is 1. The van der Waals surface area contributed by atoms with Crippen LogP contribution in [0.15, 0.2) is 78.9 Å². The zero-order valence-electron chi connectivity index (χ0n) is 17.2. The molecule has 33 heavy (non-hydrogen) atoms. The number of rotatable bonds is 6. The lowest BCUT2D eigenvalue weighted by atomic mass is 9.85. The number of halogens is 3. The van der Waals surface area contributed by atoms with Crippen LogP contribution in [0.5, 0.6) is 5.75 Å². The van der Waals surface area contributed by atoms with E-state index in [1.54, 1.807) is 0 Å². The first-order valence-corrected chi connectivity index (χ1v) is 11.0. The van der Waals surface area contributed by atoms with Crippen LogP contribution in [0.4, 0.5) is 13.2 Å². The van der Waals surface area contributed by atoms with Crippen LogP contribution in [0.25, 0.3) is 10.1 Å². The van der Waals surface area contributed by atoms with Crippen molar-refractivity contribution in [3.8, 4) is 5.75 Å². The highest BCUT2D eigenvalue weighted by Gasteiger charge is 2.32. The lowest BCUT2D eigenvalue weighted by Crippen LogP contribution is -2.42. The summed E-state index contributed by atoms with van der Waals surface area (Å²) in [5.41, 5.74) is 0.841. The Morgan fingerprint density at radius 1 is 0.939 bits per heavy atom. The maximum atomic E-state index is 13.1. The van der Waals surface area contributed by atoms with E-state index < -0.39 is 29.4 Å². The summed E-state index contributed by atoms with van der Waals surface area (Å²) in [7, 11) is 0. The molecule has 0 aliphatic heterocycles. The Labute approximate surface area is 191 Å². The monoisotopic (exact) mass is 471 g/mol. The van der Waals surface area contributed by atoms with Crippen molar-refractivity contribution >= 4 is 27.3 Å². The van der Waals surface area contributed by atoms with Crippen molar-refractivity contribution in [2.45, 2.75) is 18.1 Å². The summed E-state index contributed by atoms with van der Waals surface area (Å²) < 4.78 is 39.5. The highest BCUT2D eigenvalue weighted by atomic mass is 32.1. The molecular weight excluding hydrogens is 451 g/mol. The van der Waals surface area contributed by atoms with Crippen LogP contribution >= 0.6 is 11.3 Å². The van der Waals surface area contributed by atoms with E-state index in [1.165, 1.54) is 6.07 Å². The van der Waals surface area contributed by atoms with Crippen LogP contribution < -0.4 is 5.32 Å². The summed E-state index contributed by atoms with van der Waals surface area (Å²) in [6.45, 7) is -0.385. The molecule has 8 heteroatoms. The molecule has 0 radical (unpaired) electrons. The number of carbonyl (C=O) groups excluding carboxylic acids is 1. The van der Waals surface area contributed by atoms with E-state index >= 15 is 0 Å². The van der Waals surface area contributed by atoms with Crippen LogP contribution in [0.3, 0.4) is 0 Å². The SMILES string of the molecule is O=C(NC(CO)C(c1ccccc1)c1ccccc1)c1sc2ccc(C(F)(F)F)cc2c1O. The first kappa shape index (κ1) is 22.8. The molecule has 1 unspecified atom stereocenters. The summed E-state index contributed by atoms with van der Waals surface area (Å²) in [6.07, 6.45) is -4.56. The van der Waals surface area contributed by atoms with Gasteiger partial charge in [0.25, 0.3) is 5.91 Å². The van der Waals surface area contributed by atoms with Gasteiger partial charge in [0, 0.05) is 16.0 Å². The molecule has 0 saturated carbocycles. The second-order valence-electron chi connectivity index (χ2n) is 7.55. The van der Waals surface area contributed by atoms with E-state index in [1.807, 2.05) is 60.7 Å². The molecule has 170 valence electrons. The molecule has 0 fully saturated rings. The number of carbonyl (C=O) groups is 1. The van der Waals surface area contributed by atoms with Crippen LogP contribution in [0.2, 0.25) is 0 Å². The number of aliphatic hydroxyl groups is 1. The Bertz CT molecular complexity index is 1220. The van der Waals surface area contributed by atoms with Crippen molar-refractivity contribution in [1.82, 2.24) is 5.32 Å². The average Bonchev–Trinajstić information content (AvgIpc) is 3.15. The molecule has 0 spiro atoms. The number of amides is 1. The predicted molar refractivity (Wildman–Crippen MR) is 122 cm³/mol. The Balaban J connectivity index is 1.68. The first-order chi connectivity index (χ1) is 15.8. The number of hydrogen-bond donors (Lipinski definition) is 3. The molecule has 4 nitrogen and oxygen atoms in total. The minimum absolute atomic E-state index is 0.0387. The van der Waals surface area contributed by atoms with E-state index in [9.17, 15) is 28.2 Å². The van der Waals surface area contributed by atoms with Gasteiger partial charge in [-0.2, -0.15) is 13.2 Å². The third kappa shape index (κ3) is 4.72. The van der Waals surface area contributed by atoms with Gasteiger partial charge in [-0.15, -0.1) is 11.3 Å². The molecule has 0 bridgehead atoms. The lowest BCUT2D eigenvalue weighted by molar-refractivity contribution is -0.137. The fourth-order valence-electron chi connectivity index (χ4n) is 3.86. The van der Waals surface area contributed by atoms with Crippen molar-refractivity contribution < 1.29 is 28.2 Å². The topological polar surface area (TPSA) is 69.6 Å². The number of thiophene rings is 1. The van der Waals surface area contributed by atoms with Crippen molar-refractivity contribution in [3.63, 3.8) is 0 Å². The number of aromatic hydroxyl groups is 1. The average molecular weight is 472 g/mol. The van der Waals surface area contributed by atoms with Gasteiger partial charge in [-0.1, -0.05) is 60.7 Å². The minimum atomic E-state index is -4.56. The molecule has 1 heterocycles. The maximum Gasteiger partial charge on any atom is 0.416 e. The van der Waals surface area contributed by atoms with Crippen LogP contribution in [0.1, 0.15) is 32.3 Å². The molecule has 1 atom stereocenters. The fraction of sp³-hybridized carbons (Fsp3) is 0.160. The van der Waals surface area contributed by atoms with E-state index in [4.69, 9.17) is 0 Å². The minimum Gasteiger partial charge on any atom is -0.506 e. The highest BCUT2D eigenvalue weighted by molar-refractivity contribution is 7.21. The van der Waals surface area contributed by atoms with E-state index in [2.05, 4.69) is 5.32 Å². The van der Waals surface area contributed by atoms with Gasteiger partial charge in [0.1, 0.15) is 10.6 Å². The molecule has 0 saturated heterocycles. The number of nitrogens with one attached hydrogen (secondary N) is 1. The third-order valence-electron chi connectivity index (χ3n) is 5.43. The molecule has 3 N–H and O–H groups in total. The van der Waals surface area contributed by atoms with Gasteiger partial charge in [-0.3, -0.25) is 4.79 Å². The van der Waals surface area contributed by atoms with Gasteiger partial charge in [-0.25, -0.2) is 0 Å². The molecule has 4 aromatic rings. The van der Waals surface area contributed by atoms with E-state index in [-0.39, 0.29) is 22.8 Å². The zero-order valence-corrected chi connectivity index (χ0v) is 18.0. The van der Waals surface area contributed by atoms with Crippen molar-refractivity contribution in [2.75, 3.05) is 6.61 Å². The Morgan fingerprint density at radius 3 is 2.03 bits per heavy atom. The number of alkyl halides is 3. The molecule has 3 aromatic carbocycles.